The standard InChI is InChI=1S/C19H36N4O3/c1-7-20-18(21-13-16(25-8-2)11-12-23(5)6)22-14-19(4,24)17-10-9-15(3)26-17/h9-10,16,24H,7-8,11-14H2,1-6H3,(H2,20,21,22). The third-order valence-corrected chi connectivity index (χ3v) is 3.96. The Bertz CT molecular complexity index is 541. The molecule has 1 aromatic heterocycles. The summed E-state index contributed by atoms with van der Waals surface area (Å²) in [6.07, 6.45) is 1.05. The van der Waals surface area contributed by atoms with Crippen LogP contribution in [0.5, 0.6) is 0 Å². The number of hydrogen-bond acceptors (Lipinski definition) is 5. The molecule has 2 atom stereocenters. The molecular weight excluding hydrogens is 332 g/mol. The van der Waals surface area contributed by atoms with Crippen LogP contribution in [0.15, 0.2) is 21.5 Å². The van der Waals surface area contributed by atoms with E-state index in [9.17, 15) is 5.11 Å². The molecule has 7 heteroatoms. The van der Waals surface area contributed by atoms with Crippen molar-refractivity contribution in [2.45, 2.75) is 45.8 Å². The molecule has 0 radical (unpaired) electrons. The van der Waals surface area contributed by atoms with Crippen molar-refractivity contribution in [3.05, 3.63) is 23.7 Å². The lowest BCUT2D eigenvalue weighted by Crippen LogP contribution is -2.43. The molecule has 1 heterocycles. The van der Waals surface area contributed by atoms with E-state index in [1.54, 1.807) is 13.0 Å². The van der Waals surface area contributed by atoms with Crippen molar-refractivity contribution < 1.29 is 14.3 Å². The van der Waals surface area contributed by atoms with Crippen LogP contribution in [0.4, 0.5) is 0 Å². The van der Waals surface area contributed by atoms with Crippen LogP contribution in [-0.2, 0) is 10.3 Å². The van der Waals surface area contributed by atoms with Crippen molar-refractivity contribution in [1.29, 1.82) is 0 Å². The van der Waals surface area contributed by atoms with E-state index in [-0.39, 0.29) is 12.6 Å². The Morgan fingerprint density at radius 2 is 2.08 bits per heavy atom. The van der Waals surface area contributed by atoms with Crippen LogP contribution in [0.3, 0.4) is 0 Å². The maximum Gasteiger partial charge on any atom is 0.191 e. The molecule has 150 valence electrons. The first-order valence-corrected chi connectivity index (χ1v) is 9.36. The highest BCUT2D eigenvalue weighted by molar-refractivity contribution is 5.79. The Labute approximate surface area is 157 Å². The van der Waals surface area contributed by atoms with Crippen LogP contribution in [0.2, 0.25) is 0 Å². The number of ether oxygens (including phenoxy) is 1. The fourth-order valence-electron chi connectivity index (χ4n) is 2.47. The van der Waals surface area contributed by atoms with Gasteiger partial charge in [0.2, 0.25) is 0 Å². The summed E-state index contributed by atoms with van der Waals surface area (Å²) in [5, 5.41) is 17.2. The second kappa shape index (κ2) is 11.2. The maximum atomic E-state index is 10.6. The average molecular weight is 369 g/mol. The van der Waals surface area contributed by atoms with Gasteiger partial charge in [0.25, 0.3) is 0 Å². The van der Waals surface area contributed by atoms with Gasteiger partial charge in [-0.05, 0) is 60.3 Å². The molecule has 0 amide bonds. The van der Waals surface area contributed by atoms with Gasteiger partial charge < -0.3 is 29.8 Å². The van der Waals surface area contributed by atoms with Crippen molar-refractivity contribution >= 4 is 5.96 Å². The van der Waals surface area contributed by atoms with E-state index in [1.807, 2.05) is 26.8 Å². The van der Waals surface area contributed by atoms with Crippen LogP contribution in [0.1, 0.15) is 38.7 Å². The fourth-order valence-corrected chi connectivity index (χ4v) is 2.47. The number of aliphatic imine (C=N–C) groups is 1. The fraction of sp³-hybridized carbons (Fsp3) is 0.737. The number of aryl methyl sites for hydroxylation is 1. The summed E-state index contributed by atoms with van der Waals surface area (Å²) < 4.78 is 11.3. The summed E-state index contributed by atoms with van der Waals surface area (Å²) in [5.41, 5.74) is -1.15. The zero-order chi connectivity index (χ0) is 19.6. The Morgan fingerprint density at radius 3 is 2.62 bits per heavy atom. The number of nitrogens with zero attached hydrogens (tertiary/aromatic N) is 2. The molecule has 0 saturated heterocycles. The minimum absolute atomic E-state index is 0.111. The van der Waals surface area contributed by atoms with Crippen molar-refractivity contribution in [1.82, 2.24) is 15.5 Å². The molecular formula is C19H36N4O3. The number of nitrogens with one attached hydrogen (secondary N) is 2. The molecule has 2 unspecified atom stereocenters. The Kier molecular flexibility index (Phi) is 9.69. The van der Waals surface area contributed by atoms with E-state index in [0.717, 1.165) is 25.3 Å². The van der Waals surface area contributed by atoms with Gasteiger partial charge in [0.1, 0.15) is 17.1 Å². The van der Waals surface area contributed by atoms with Crippen molar-refractivity contribution in [3.63, 3.8) is 0 Å². The second-order valence-corrected chi connectivity index (χ2v) is 6.93. The van der Waals surface area contributed by atoms with Crippen LogP contribution in [0.25, 0.3) is 0 Å². The second-order valence-electron chi connectivity index (χ2n) is 6.93. The first kappa shape index (κ1) is 22.5. The van der Waals surface area contributed by atoms with E-state index >= 15 is 0 Å². The van der Waals surface area contributed by atoms with Crippen molar-refractivity contribution in [3.8, 4) is 0 Å². The molecule has 0 saturated carbocycles. The van der Waals surface area contributed by atoms with Gasteiger partial charge in [-0.2, -0.15) is 0 Å². The third-order valence-electron chi connectivity index (χ3n) is 3.96. The number of furan rings is 1. The topological polar surface area (TPSA) is 82.3 Å². The molecule has 0 aliphatic carbocycles. The van der Waals surface area contributed by atoms with E-state index in [0.29, 0.717) is 24.9 Å². The van der Waals surface area contributed by atoms with Gasteiger partial charge in [-0.1, -0.05) is 0 Å². The maximum absolute atomic E-state index is 10.6. The van der Waals surface area contributed by atoms with Crippen LogP contribution >= 0.6 is 0 Å². The monoisotopic (exact) mass is 368 g/mol. The first-order chi connectivity index (χ1) is 12.3. The lowest BCUT2D eigenvalue weighted by Gasteiger charge is -2.22. The summed E-state index contributed by atoms with van der Waals surface area (Å²) in [6, 6.07) is 3.63. The molecule has 1 aromatic rings. The van der Waals surface area contributed by atoms with Gasteiger partial charge in [0, 0.05) is 26.2 Å². The lowest BCUT2D eigenvalue weighted by molar-refractivity contribution is 0.0426. The molecule has 0 aliphatic heterocycles. The lowest BCUT2D eigenvalue weighted by atomic mass is 10.0. The zero-order valence-electron chi connectivity index (χ0n) is 17.1. The van der Waals surface area contributed by atoms with E-state index in [4.69, 9.17) is 9.15 Å². The predicted octanol–water partition coefficient (Wildman–Crippen LogP) is 1.71. The quantitative estimate of drug-likeness (QED) is 0.407. The van der Waals surface area contributed by atoms with Gasteiger partial charge in [-0.3, -0.25) is 0 Å². The van der Waals surface area contributed by atoms with Gasteiger partial charge in [-0.15, -0.1) is 0 Å². The molecule has 0 aromatic carbocycles. The number of hydrogen-bond donors (Lipinski definition) is 3. The number of guanidine groups is 1. The summed E-state index contributed by atoms with van der Waals surface area (Å²) in [5.74, 6) is 1.95. The Morgan fingerprint density at radius 1 is 1.35 bits per heavy atom. The summed E-state index contributed by atoms with van der Waals surface area (Å²) in [6.45, 7) is 10.8. The molecule has 0 aliphatic rings. The minimum atomic E-state index is -1.15. The van der Waals surface area contributed by atoms with Gasteiger partial charge in [0.15, 0.2) is 5.96 Å². The van der Waals surface area contributed by atoms with E-state index in [2.05, 4.69) is 34.6 Å². The molecule has 3 N–H and O–H groups in total. The number of rotatable bonds is 11. The van der Waals surface area contributed by atoms with Gasteiger partial charge in [0.05, 0.1) is 12.6 Å². The highest BCUT2D eigenvalue weighted by Gasteiger charge is 2.26. The Hall–Kier alpha value is -1.57. The highest BCUT2D eigenvalue weighted by atomic mass is 16.5. The summed E-state index contributed by atoms with van der Waals surface area (Å²) in [7, 11) is 4.11. The average Bonchev–Trinajstić information content (AvgIpc) is 3.02. The number of aliphatic hydroxyl groups is 1. The highest BCUT2D eigenvalue weighted by Crippen LogP contribution is 2.23. The smallest absolute Gasteiger partial charge is 0.191 e. The van der Waals surface area contributed by atoms with Crippen LogP contribution in [-0.4, -0.2) is 69.0 Å². The van der Waals surface area contributed by atoms with Crippen molar-refractivity contribution in [2.24, 2.45) is 4.99 Å². The predicted molar refractivity (Wildman–Crippen MR) is 106 cm³/mol. The molecule has 0 fully saturated rings. The molecule has 7 nitrogen and oxygen atoms in total. The van der Waals surface area contributed by atoms with Gasteiger partial charge >= 0.3 is 0 Å². The SMILES string of the molecule is CCNC(=NCC(C)(O)c1ccc(C)o1)NCC(CCN(C)C)OCC. The van der Waals surface area contributed by atoms with Gasteiger partial charge in [-0.25, -0.2) is 4.99 Å². The molecule has 0 bridgehead atoms. The van der Waals surface area contributed by atoms with Crippen LogP contribution in [0, 0.1) is 6.92 Å². The molecule has 0 spiro atoms. The molecule has 1 rings (SSSR count). The summed E-state index contributed by atoms with van der Waals surface area (Å²) >= 11 is 0. The van der Waals surface area contributed by atoms with E-state index in [1.165, 1.54) is 0 Å². The van der Waals surface area contributed by atoms with E-state index < -0.39 is 5.60 Å². The van der Waals surface area contributed by atoms with Crippen molar-refractivity contribution in [2.75, 3.05) is 46.9 Å². The van der Waals surface area contributed by atoms with Crippen LogP contribution < -0.4 is 10.6 Å². The first-order valence-electron chi connectivity index (χ1n) is 9.36. The minimum Gasteiger partial charge on any atom is -0.463 e. The zero-order valence-corrected chi connectivity index (χ0v) is 17.1. The Balaban J connectivity index is 2.66. The normalized spacial score (nSPS) is 15.8. The molecule has 26 heavy (non-hydrogen) atoms. The summed E-state index contributed by atoms with van der Waals surface area (Å²) in [4.78, 5) is 6.66. The third kappa shape index (κ3) is 8.21. The largest absolute Gasteiger partial charge is 0.463 e.